The van der Waals surface area contributed by atoms with Crippen molar-refractivity contribution in [2.24, 2.45) is 29.1 Å². The molecule has 1 aromatic rings. The molecule has 35 heavy (non-hydrogen) atoms. The molecule has 188 valence electrons. The van der Waals surface area contributed by atoms with Gasteiger partial charge in [0.15, 0.2) is 5.78 Å². The van der Waals surface area contributed by atoms with Crippen molar-refractivity contribution in [3.05, 3.63) is 60.2 Å². The Kier molecular flexibility index (Phi) is 5.83. The molecule has 1 saturated carbocycles. The molecule has 2 saturated heterocycles. The van der Waals surface area contributed by atoms with E-state index in [1.807, 2.05) is 37.3 Å². The fourth-order valence-electron chi connectivity index (χ4n) is 7.10. The van der Waals surface area contributed by atoms with E-state index in [2.05, 4.69) is 11.9 Å². The number of ketones is 1. The zero-order valence-corrected chi connectivity index (χ0v) is 20.4. The third-order valence-electron chi connectivity index (χ3n) is 9.05. The van der Waals surface area contributed by atoms with E-state index in [-0.39, 0.29) is 29.6 Å². The molecule has 7 nitrogen and oxygen atoms in total. The number of aliphatic hydroxyl groups is 3. The van der Waals surface area contributed by atoms with Crippen LogP contribution in [0.5, 0.6) is 0 Å². The van der Waals surface area contributed by atoms with E-state index in [1.54, 1.807) is 19.1 Å². The molecule has 1 aromatic carbocycles. The third-order valence-corrected chi connectivity index (χ3v) is 9.05. The van der Waals surface area contributed by atoms with Gasteiger partial charge < -0.3 is 25.4 Å². The molecule has 3 fully saturated rings. The first-order valence-electron chi connectivity index (χ1n) is 12.5. The average molecular weight is 482 g/mol. The monoisotopic (exact) mass is 481 g/mol. The number of nitrogens with one attached hydrogen (secondary N) is 1. The lowest BCUT2D eigenvalue weighted by atomic mass is 9.51. The third kappa shape index (κ3) is 3.47. The number of carbonyl (C=O) groups excluding carboxylic acids is 2. The summed E-state index contributed by atoms with van der Waals surface area (Å²) in [6, 6.07) is 9.55. The van der Waals surface area contributed by atoms with Crippen molar-refractivity contribution in [3.63, 3.8) is 0 Å². The van der Waals surface area contributed by atoms with Gasteiger partial charge in [-0.05, 0) is 36.8 Å². The van der Waals surface area contributed by atoms with Crippen LogP contribution in [-0.4, -0.2) is 63.1 Å². The SMILES string of the molecule is C=C1[C@@H](C)[C@H]2[C@H](Cc3ccccc3)NC(=O)[C@@]23[C@H](O)[C@@H]2O[C@H]2[C@@](C)(O)C(=O)[C@@H](C)CC=C[C@H]3[C@@H]1O. The van der Waals surface area contributed by atoms with Crippen LogP contribution in [0.3, 0.4) is 0 Å². The fourth-order valence-corrected chi connectivity index (χ4v) is 7.10. The van der Waals surface area contributed by atoms with Gasteiger partial charge in [0, 0.05) is 23.8 Å². The highest BCUT2D eigenvalue weighted by atomic mass is 16.6. The smallest absolute Gasteiger partial charge is 0.230 e. The van der Waals surface area contributed by atoms with Gasteiger partial charge in [-0.25, -0.2) is 0 Å². The molecule has 7 heteroatoms. The lowest BCUT2D eigenvalue weighted by Gasteiger charge is -2.52. The van der Waals surface area contributed by atoms with Crippen molar-refractivity contribution in [3.8, 4) is 0 Å². The highest BCUT2D eigenvalue weighted by Gasteiger charge is 2.73. The summed E-state index contributed by atoms with van der Waals surface area (Å²) in [5, 5.41) is 37.5. The van der Waals surface area contributed by atoms with E-state index in [4.69, 9.17) is 4.74 Å². The number of rotatable bonds is 2. The van der Waals surface area contributed by atoms with Crippen molar-refractivity contribution in [1.29, 1.82) is 0 Å². The maximum Gasteiger partial charge on any atom is 0.230 e. The van der Waals surface area contributed by atoms with Gasteiger partial charge in [0.1, 0.15) is 17.8 Å². The number of hydrogen-bond donors (Lipinski definition) is 4. The lowest BCUT2D eigenvalue weighted by Crippen LogP contribution is -2.61. The number of amides is 1. The highest BCUT2D eigenvalue weighted by Crippen LogP contribution is 2.60. The zero-order chi connectivity index (χ0) is 25.3. The number of hydrogen-bond acceptors (Lipinski definition) is 6. The van der Waals surface area contributed by atoms with Crippen LogP contribution in [0.25, 0.3) is 0 Å². The van der Waals surface area contributed by atoms with Gasteiger partial charge in [-0.1, -0.05) is 62.9 Å². The first-order chi connectivity index (χ1) is 16.5. The van der Waals surface area contributed by atoms with Crippen molar-refractivity contribution in [1.82, 2.24) is 5.32 Å². The number of carbonyl (C=O) groups is 2. The predicted octanol–water partition coefficient (Wildman–Crippen LogP) is 1.56. The molecular weight excluding hydrogens is 446 g/mol. The van der Waals surface area contributed by atoms with Gasteiger partial charge in [-0.3, -0.25) is 9.59 Å². The minimum Gasteiger partial charge on any atom is -0.389 e. The second-order valence-corrected chi connectivity index (χ2v) is 11.1. The largest absolute Gasteiger partial charge is 0.389 e. The van der Waals surface area contributed by atoms with Crippen LogP contribution < -0.4 is 5.32 Å². The number of epoxide rings is 1. The Morgan fingerprint density at radius 2 is 1.86 bits per heavy atom. The molecule has 0 aromatic heterocycles. The summed E-state index contributed by atoms with van der Waals surface area (Å²) in [6.45, 7) is 9.28. The maximum absolute atomic E-state index is 13.9. The topological polar surface area (TPSA) is 119 Å². The molecule has 4 aliphatic rings. The summed E-state index contributed by atoms with van der Waals surface area (Å²) in [4.78, 5) is 26.9. The van der Waals surface area contributed by atoms with Gasteiger partial charge in [-0.2, -0.15) is 0 Å². The molecule has 2 heterocycles. The number of aliphatic hydroxyl groups excluding tert-OH is 2. The van der Waals surface area contributed by atoms with Gasteiger partial charge >= 0.3 is 0 Å². The first-order valence-corrected chi connectivity index (χ1v) is 12.5. The summed E-state index contributed by atoms with van der Waals surface area (Å²) >= 11 is 0. The highest BCUT2D eigenvalue weighted by molar-refractivity contribution is 5.91. The number of allylic oxidation sites excluding steroid dienone is 1. The maximum atomic E-state index is 13.9. The summed E-state index contributed by atoms with van der Waals surface area (Å²) < 4.78 is 5.76. The molecule has 0 radical (unpaired) electrons. The molecule has 1 spiro atoms. The van der Waals surface area contributed by atoms with Crippen molar-refractivity contribution in [2.75, 3.05) is 0 Å². The second-order valence-electron chi connectivity index (χ2n) is 11.1. The standard InChI is InChI=1S/C28H35NO6/c1-14-9-8-12-18-21(30)16(3)15(2)20-19(13-17-10-6-5-7-11-17)29-26(33)28(18,20)24(32)22-25(35-22)27(4,34)23(14)31/h5-8,10-12,14-15,18-22,24-25,30,32,34H,3,9,13H2,1-2,4H3,(H,29,33)/t14-,15+,18-,19-,20-,21+,22-,24+,25+,27-,28+/m0/s1. The van der Waals surface area contributed by atoms with Crippen LogP contribution in [0.4, 0.5) is 0 Å². The predicted molar refractivity (Wildman–Crippen MR) is 129 cm³/mol. The van der Waals surface area contributed by atoms with Gasteiger partial charge in [0.05, 0.1) is 17.6 Å². The van der Waals surface area contributed by atoms with Crippen molar-refractivity contribution < 1.29 is 29.6 Å². The Labute approximate surface area is 205 Å². The van der Waals surface area contributed by atoms with Crippen LogP contribution in [0, 0.1) is 29.1 Å². The molecule has 2 aliphatic heterocycles. The quantitative estimate of drug-likeness (QED) is 0.376. The number of ether oxygens (including phenoxy) is 1. The van der Waals surface area contributed by atoms with E-state index >= 15 is 0 Å². The average Bonchev–Trinajstić information content (AvgIpc) is 3.59. The molecule has 11 atom stereocenters. The summed E-state index contributed by atoms with van der Waals surface area (Å²) in [7, 11) is 0. The Balaban J connectivity index is 1.64. The molecule has 2 aliphatic carbocycles. The molecule has 1 amide bonds. The van der Waals surface area contributed by atoms with Crippen molar-refractivity contribution in [2.45, 2.75) is 69.7 Å². The Bertz CT molecular complexity index is 1070. The van der Waals surface area contributed by atoms with E-state index in [0.29, 0.717) is 18.4 Å². The summed E-state index contributed by atoms with van der Waals surface area (Å²) in [5.74, 6) is -2.57. The zero-order valence-electron chi connectivity index (χ0n) is 20.4. The van der Waals surface area contributed by atoms with E-state index in [9.17, 15) is 24.9 Å². The van der Waals surface area contributed by atoms with Gasteiger partial charge in [0.25, 0.3) is 0 Å². The minimum absolute atomic E-state index is 0.264. The van der Waals surface area contributed by atoms with E-state index in [1.165, 1.54) is 6.92 Å². The van der Waals surface area contributed by atoms with Crippen LogP contribution in [0.2, 0.25) is 0 Å². The van der Waals surface area contributed by atoms with Crippen LogP contribution in [-0.2, 0) is 20.7 Å². The molecule has 5 rings (SSSR count). The fraction of sp³-hybridized carbons (Fsp3) is 0.571. The lowest BCUT2D eigenvalue weighted by molar-refractivity contribution is -0.154. The van der Waals surface area contributed by atoms with Crippen LogP contribution >= 0.6 is 0 Å². The van der Waals surface area contributed by atoms with Crippen LogP contribution in [0.15, 0.2) is 54.6 Å². The first kappa shape index (κ1) is 24.4. The van der Waals surface area contributed by atoms with Crippen molar-refractivity contribution >= 4 is 11.7 Å². The Hall–Kier alpha value is -2.32. The van der Waals surface area contributed by atoms with Gasteiger partial charge in [-0.15, -0.1) is 0 Å². The van der Waals surface area contributed by atoms with Gasteiger partial charge in [0.2, 0.25) is 5.91 Å². The molecular formula is C28H35NO6. The van der Waals surface area contributed by atoms with E-state index < -0.39 is 47.3 Å². The molecule has 0 unspecified atom stereocenters. The van der Waals surface area contributed by atoms with Crippen LogP contribution in [0.1, 0.15) is 32.8 Å². The normalized spacial score (nSPS) is 47.3. The Morgan fingerprint density at radius 1 is 1.17 bits per heavy atom. The van der Waals surface area contributed by atoms with E-state index in [0.717, 1.165) is 5.56 Å². The molecule has 0 bridgehead atoms. The number of Topliss-reactive ketones (excluding diaryl/α,β-unsaturated/α-hetero) is 1. The Morgan fingerprint density at radius 3 is 2.54 bits per heavy atom. The second kappa shape index (κ2) is 8.37. The number of fused-ring (bicyclic) bond motifs is 1. The molecule has 4 N–H and O–H groups in total. The number of benzene rings is 1. The minimum atomic E-state index is -1.79. The summed E-state index contributed by atoms with van der Waals surface area (Å²) in [6.07, 6.45) is 0.273. The summed E-state index contributed by atoms with van der Waals surface area (Å²) in [5.41, 5.74) is -1.50.